The highest BCUT2D eigenvalue weighted by Gasteiger charge is 2.33. The van der Waals surface area contributed by atoms with Crippen molar-refractivity contribution < 1.29 is 27.4 Å². The van der Waals surface area contributed by atoms with Crippen molar-refractivity contribution in [1.82, 2.24) is 9.88 Å². The molecule has 9 heteroatoms. The van der Waals surface area contributed by atoms with Gasteiger partial charge in [0.05, 0.1) is 32.0 Å². The second-order valence-electron chi connectivity index (χ2n) is 8.29. The Morgan fingerprint density at radius 3 is 1.97 bits per heavy atom. The van der Waals surface area contributed by atoms with E-state index in [2.05, 4.69) is 10.6 Å². The normalized spacial score (nSPS) is 11.3. The standard InChI is InChI=1S/C28H26F3N3O3/c1-32-16-27(35)33-22-8-10-23(11-9-22)34-17-21(28(29,30)31)14-26(34)19-6-4-18(5-7-19)20-12-24(36-2)15-25(13-20)37-3/h4-15,17,32H,16H2,1-3H3,(H,33,35). The van der Waals surface area contributed by atoms with Crippen LogP contribution in [0.3, 0.4) is 0 Å². The molecule has 192 valence electrons. The predicted octanol–water partition coefficient (Wildman–Crippen LogP) is 6.01. The molecule has 1 heterocycles. The SMILES string of the molecule is CNCC(=O)Nc1ccc(-n2cc(C(F)(F)F)cc2-c2ccc(-c3cc(OC)cc(OC)c3)cc2)cc1. The molecule has 1 aromatic heterocycles. The number of hydrogen-bond acceptors (Lipinski definition) is 4. The van der Waals surface area contributed by atoms with Crippen molar-refractivity contribution in [2.45, 2.75) is 6.18 Å². The van der Waals surface area contributed by atoms with E-state index in [4.69, 9.17) is 9.47 Å². The average Bonchev–Trinajstić information content (AvgIpc) is 3.35. The van der Waals surface area contributed by atoms with Crippen molar-refractivity contribution in [3.8, 4) is 39.6 Å². The highest BCUT2D eigenvalue weighted by molar-refractivity contribution is 5.92. The van der Waals surface area contributed by atoms with Crippen LogP contribution < -0.4 is 20.1 Å². The molecule has 0 bridgehead atoms. The number of alkyl halides is 3. The van der Waals surface area contributed by atoms with Crippen molar-refractivity contribution >= 4 is 11.6 Å². The fourth-order valence-electron chi connectivity index (χ4n) is 3.93. The van der Waals surface area contributed by atoms with Crippen LogP contribution in [0.1, 0.15) is 5.56 Å². The van der Waals surface area contributed by atoms with E-state index in [9.17, 15) is 18.0 Å². The van der Waals surface area contributed by atoms with Crippen LogP contribution in [0, 0.1) is 0 Å². The minimum Gasteiger partial charge on any atom is -0.497 e. The van der Waals surface area contributed by atoms with Gasteiger partial charge in [0.1, 0.15) is 11.5 Å². The van der Waals surface area contributed by atoms with Crippen LogP contribution in [0.2, 0.25) is 0 Å². The Labute approximate surface area is 212 Å². The molecule has 2 N–H and O–H groups in total. The summed E-state index contributed by atoms with van der Waals surface area (Å²) in [6, 6.07) is 20.5. The van der Waals surface area contributed by atoms with E-state index in [1.807, 2.05) is 24.3 Å². The molecule has 37 heavy (non-hydrogen) atoms. The molecule has 4 rings (SSSR count). The highest BCUT2D eigenvalue weighted by atomic mass is 19.4. The van der Waals surface area contributed by atoms with E-state index in [1.54, 1.807) is 63.7 Å². The van der Waals surface area contributed by atoms with Gasteiger partial charge in [0.15, 0.2) is 0 Å². The van der Waals surface area contributed by atoms with Gasteiger partial charge in [-0.15, -0.1) is 0 Å². The maximum atomic E-state index is 13.6. The molecule has 0 saturated carbocycles. The molecule has 0 saturated heterocycles. The lowest BCUT2D eigenvalue weighted by atomic mass is 10.0. The summed E-state index contributed by atoms with van der Waals surface area (Å²) in [5, 5.41) is 5.48. The third-order valence-electron chi connectivity index (χ3n) is 5.78. The van der Waals surface area contributed by atoms with Crippen LogP contribution >= 0.6 is 0 Å². The molecule has 0 atom stereocenters. The number of hydrogen-bond donors (Lipinski definition) is 2. The smallest absolute Gasteiger partial charge is 0.417 e. The van der Waals surface area contributed by atoms with Crippen LogP contribution in [0.15, 0.2) is 79.0 Å². The number of anilines is 1. The molecule has 0 aliphatic heterocycles. The molecule has 0 unspecified atom stereocenters. The van der Waals surface area contributed by atoms with Gasteiger partial charge in [-0.1, -0.05) is 24.3 Å². The number of rotatable bonds is 8. The van der Waals surface area contributed by atoms with E-state index in [0.717, 1.165) is 23.4 Å². The molecule has 4 aromatic rings. The summed E-state index contributed by atoms with van der Waals surface area (Å²) in [6.07, 6.45) is -3.43. The first-order valence-electron chi connectivity index (χ1n) is 11.4. The van der Waals surface area contributed by atoms with E-state index in [-0.39, 0.29) is 12.5 Å². The molecule has 0 aliphatic carbocycles. The zero-order chi connectivity index (χ0) is 26.6. The summed E-state index contributed by atoms with van der Waals surface area (Å²) in [6.45, 7) is 0.150. The minimum absolute atomic E-state index is 0.150. The number of nitrogens with one attached hydrogen (secondary N) is 2. The Hall–Kier alpha value is -4.24. The first kappa shape index (κ1) is 25.8. The summed E-state index contributed by atoms with van der Waals surface area (Å²) < 4.78 is 53.1. The lowest BCUT2D eigenvalue weighted by Gasteiger charge is -2.12. The Morgan fingerprint density at radius 2 is 1.43 bits per heavy atom. The molecule has 1 amide bonds. The first-order chi connectivity index (χ1) is 17.7. The van der Waals surface area contributed by atoms with Gasteiger partial charge in [-0.3, -0.25) is 4.79 Å². The molecule has 6 nitrogen and oxygen atoms in total. The lowest BCUT2D eigenvalue weighted by molar-refractivity contribution is -0.137. The number of amides is 1. The quantitative estimate of drug-likeness (QED) is 0.306. The Balaban J connectivity index is 1.70. The molecule has 0 aliphatic rings. The largest absolute Gasteiger partial charge is 0.497 e. The fourth-order valence-corrected chi connectivity index (χ4v) is 3.93. The van der Waals surface area contributed by atoms with Gasteiger partial charge >= 0.3 is 6.18 Å². The molecule has 0 radical (unpaired) electrons. The second kappa shape index (κ2) is 10.8. The van der Waals surface area contributed by atoms with Gasteiger partial charge in [-0.25, -0.2) is 0 Å². The number of carbonyl (C=O) groups is 1. The summed E-state index contributed by atoms with van der Waals surface area (Å²) in [5.74, 6) is 1.05. The van der Waals surface area contributed by atoms with Gasteiger partial charge in [0.25, 0.3) is 0 Å². The maximum absolute atomic E-state index is 13.6. The van der Waals surface area contributed by atoms with Gasteiger partial charge in [-0.05, 0) is 66.2 Å². The van der Waals surface area contributed by atoms with Gasteiger partial charge < -0.3 is 24.7 Å². The minimum atomic E-state index is -4.50. The molecule has 0 fully saturated rings. The topological polar surface area (TPSA) is 64.5 Å². The van der Waals surface area contributed by atoms with Crippen LogP contribution in [0.5, 0.6) is 11.5 Å². The third-order valence-corrected chi connectivity index (χ3v) is 5.78. The molecular weight excluding hydrogens is 483 g/mol. The van der Waals surface area contributed by atoms with Crippen molar-refractivity contribution in [3.63, 3.8) is 0 Å². The number of ether oxygens (including phenoxy) is 2. The molecule has 0 spiro atoms. The van der Waals surface area contributed by atoms with Crippen LogP contribution in [-0.4, -0.2) is 38.3 Å². The van der Waals surface area contributed by atoms with E-state index in [0.29, 0.717) is 34.1 Å². The van der Waals surface area contributed by atoms with Crippen molar-refractivity contribution in [1.29, 1.82) is 0 Å². The number of benzene rings is 3. The van der Waals surface area contributed by atoms with Crippen LogP contribution in [0.4, 0.5) is 18.9 Å². The van der Waals surface area contributed by atoms with Crippen LogP contribution in [0.25, 0.3) is 28.1 Å². The zero-order valence-corrected chi connectivity index (χ0v) is 20.5. The summed E-state index contributed by atoms with van der Waals surface area (Å²) in [7, 11) is 4.79. The lowest BCUT2D eigenvalue weighted by Crippen LogP contribution is -2.24. The summed E-state index contributed by atoms with van der Waals surface area (Å²) >= 11 is 0. The van der Waals surface area contributed by atoms with E-state index < -0.39 is 11.7 Å². The van der Waals surface area contributed by atoms with E-state index >= 15 is 0 Å². The number of halogens is 3. The predicted molar refractivity (Wildman–Crippen MR) is 137 cm³/mol. The van der Waals surface area contributed by atoms with Gasteiger partial charge in [0, 0.05) is 23.6 Å². The third kappa shape index (κ3) is 5.95. The summed E-state index contributed by atoms with van der Waals surface area (Å²) in [4.78, 5) is 11.8. The first-order valence-corrected chi connectivity index (χ1v) is 11.4. The van der Waals surface area contributed by atoms with Crippen molar-refractivity contribution in [3.05, 3.63) is 84.6 Å². The summed E-state index contributed by atoms with van der Waals surface area (Å²) in [5.41, 5.74) is 3.03. The van der Waals surface area contributed by atoms with Gasteiger partial charge in [0.2, 0.25) is 5.91 Å². The van der Waals surface area contributed by atoms with E-state index in [1.165, 1.54) is 4.57 Å². The zero-order valence-electron chi connectivity index (χ0n) is 20.5. The fraction of sp³-hybridized carbons (Fsp3) is 0.179. The van der Waals surface area contributed by atoms with Gasteiger partial charge in [-0.2, -0.15) is 13.2 Å². The maximum Gasteiger partial charge on any atom is 0.417 e. The number of methoxy groups -OCH3 is 2. The molecular formula is C28H26F3N3O3. The highest BCUT2D eigenvalue weighted by Crippen LogP contribution is 2.37. The van der Waals surface area contributed by atoms with Crippen LogP contribution in [-0.2, 0) is 11.0 Å². The number of aromatic nitrogens is 1. The second-order valence-corrected chi connectivity index (χ2v) is 8.29. The van der Waals surface area contributed by atoms with Crippen molar-refractivity contribution in [2.75, 3.05) is 33.1 Å². The molecule has 3 aromatic carbocycles. The Bertz CT molecular complexity index is 1360. The number of likely N-dealkylation sites (N-methyl/N-ethyl adjacent to an activating group) is 1. The van der Waals surface area contributed by atoms with Crippen molar-refractivity contribution in [2.24, 2.45) is 0 Å². The number of nitrogens with zero attached hydrogens (tertiary/aromatic N) is 1. The Kier molecular flexibility index (Phi) is 7.54. The Morgan fingerprint density at radius 1 is 0.838 bits per heavy atom. The number of carbonyl (C=O) groups excluding carboxylic acids is 1. The monoisotopic (exact) mass is 509 g/mol. The average molecular weight is 510 g/mol.